The van der Waals surface area contributed by atoms with Crippen LogP contribution in [-0.4, -0.2) is 0 Å². The molecule has 3 N–H and O–H groups in total. The standard InChI is InChI=1S/C10H13N2O/c1-2-3-7-4-5-9-8(6-7)10(11)12-13-9/h4-6,10,12H,1-3,11H2. The highest BCUT2D eigenvalue weighted by Gasteiger charge is 2.19. The highest BCUT2D eigenvalue weighted by Crippen LogP contribution is 2.28. The molecule has 0 aromatic heterocycles. The van der Waals surface area contributed by atoms with Crippen molar-refractivity contribution in [1.82, 2.24) is 5.48 Å². The van der Waals surface area contributed by atoms with E-state index in [1.165, 1.54) is 5.56 Å². The van der Waals surface area contributed by atoms with Gasteiger partial charge < -0.3 is 10.6 Å². The minimum absolute atomic E-state index is 0.195. The van der Waals surface area contributed by atoms with Gasteiger partial charge in [-0.05, 0) is 30.5 Å². The van der Waals surface area contributed by atoms with Gasteiger partial charge in [0.05, 0.1) is 0 Å². The van der Waals surface area contributed by atoms with Gasteiger partial charge in [-0.15, -0.1) is 5.48 Å². The van der Waals surface area contributed by atoms with Gasteiger partial charge in [-0.3, -0.25) is 0 Å². The van der Waals surface area contributed by atoms with E-state index in [2.05, 4.69) is 18.5 Å². The van der Waals surface area contributed by atoms with E-state index in [9.17, 15) is 0 Å². The molecule has 1 unspecified atom stereocenters. The van der Waals surface area contributed by atoms with E-state index >= 15 is 0 Å². The van der Waals surface area contributed by atoms with Crippen LogP contribution in [0.2, 0.25) is 0 Å². The molecule has 1 aliphatic heterocycles. The van der Waals surface area contributed by atoms with Gasteiger partial charge in [-0.1, -0.05) is 13.0 Å². The smallest absolute Gasteiger partial charge is 0.153 e. The van der Waals surface area contributed by atoms with Crippen molar-refractivity contribution in [2.45, 2.75) is 19.0 Å². The Hall–Kier alpha value is -1.06. The quantitative estimate of drug-likeness (QED) is 0.716. The molecule has 0 aliphatic carbocycles. The SMILES string of the molecule is [CH2]CCc1ccc2c(c1)C(N)NO2. The number of benzene rings is 1. The average Bonchev–Trinajstić information content (AvgIpc) is 2.49. The second kappa shape index (κ2) is 3.36. The first-order valence-corrected chi connectivity index (χ1v) is 4.41. The van der Waals surface area contributed by atoms with Crippen molar-refractivity contribution in [3.63, 3.8) is 0 Å². The number of hydrogen-bond acceptors (Lipinski definition) is 3. The van der Waals surface area contributed by atoms with Crippen LogP contribution in [0.3, 0.4) is 0 Å². The highest BCUT2D eigenvalue weighted by molar-refractivity contribution is 5.41. The number of nitrogens with one attached hydrogen (secondary N) is 1. The van der Waals surface area contributed by atoms with Crippen molar-refractivity contribution < 1.29 is 4.84 Å². The minimum atomic E-state index is -0.195. The van der Waals surface area contributed by atoms with Crippen molar-refractivity contribution in [3.8, 4) is 5.75 Å². The summed E-state index contributed by atoms with van der Waals surface area (Å²) in [4.78, 5) is 5.15. The number of hydrogen-bond donors (Lipinski definition) is 2. The van der Waals surface area contributed by atoms with Gasteiger partial charge in [0.2, 0.25) is 0 Å². The van der Waals surface area contributed by atoms with Gasteiger partial charge in [-0.2, -0.15) is 0 Å². The van der Waals surface area contributed by atoms with E-state index in [-0.39, 0.29) is 6.17 Å². The molecule has 1 radical (unpaired) electrons. The van der Waals surface area contributed by atoms with E-state index < -0.39 is 0 Å². The minimum Gasteiger partial charge on any atom is -0.406 e. The Kier molecular flexibility index (Phi) is 2.20. The van der Waals surface area contributed by atoms with Crippen LogP contribution >= 0.6 is 0 Å². The largest absolute Gasteiger partial charge is 0.406 e. The zero-order valence-corrected chi connectivity index (χ0v) is 7.42. The van der Waals surface area contributed by atoms with Gasteiger partial charge in [0.1, 0.15) is 6.17 Å². The molecule has 1 atom stereocenters. The van der Waals surface area contributed by atoms with Gasteiger partial charge in [0.15, 0.2) is 5.75 Å². The normalized spacial score (nSPS) is 19.7. The van der Waals surface area contributed by atoms with Crippen LogP contribution in [0.4, 0.5) is 0 Å². The summed E-state index contributed by atoms with van der Waals surface area (Å²) in [5.41, 5.74) is 10.8. The first kappa shape index (κ1) is 8.53. The van der Waals surface area contributed by atoms with Crippen LogP contribution in [0, 0.1) is 6.92 Å². The van der Waals surface area contributed by atoms with Crippen LogP contribution in [0.25, 0.3) is 0 Å². The monoisotopic (exact) mass is 177 g/mol. The molecular weight excluding hydrogens is 164 g/mol. The molecule has 1 heterocycles. The molecule has 3 heteroatoms. The molecule has 1 aromatic rings. The van der Waals surface area contributed by atoms with Crippen molar-refractivity contribution in [1.29, 1.82) is 0 Å². The maximum Gasteiger partial charge on any atom is 0.153 e. The Morgan fingerprint density at radius 2 is 2.38 bits per heavy atom. The third-order valence-electron chi connectivity index (χ3n) is 2.17. The molecule has 1 aromatic carbocycles. The summed E-state index contributed by atoms with van der Waals surface area (Å²) in [5, 5.41) is 0. The Bertz CT molecular complexity index is 312. The molecule has 0 spiro atoms. The summed E-state index contributed by atoms with van der Waals surface area (Å²) >= 11 is 0. The predicted octanol–water partition coefficient (Wildman–Crippen LogP) is 1.31. The zero-order chi connectivity index (χ0) is 9.26. The van der Waals surface area contributed by atoms with Crippen molar-refractivity contribution in [2.75, 3.05) is 0 Å². The Labute approximate surface area is 77.8 Å². The van der Waals surface area contributed by atoms with Gasteiger partial charge in [0.25, 0.3) is 0 Å². The predicted molar refractivity (Wildman–Crippen MR) is 50.8 cm³/mol. The Morgan fingerprint density at radius 3 is 3.15 bits per heavy atom. The fourth-order valence-corrected chi connectivity index (χ4v) is 1.48. The van der Waals surface area contributed by atoms with Crippen molar-refractivity contribution in [2.24, 2.45) is 5.73 Å². The Morgan fingerprint density at radius 1 is 1.54 bits per heavy atom. The molecule has 0 bridgehead atoms. The summed E-state index contributed by atoms with van der Waals surface area (Å²) in [7, 11) is 0. The maximum absolute atomic E-state index is 5.76. The van der Waals surface area contributed by atoms with Crippen LogP contribution < -0.4 is 16.1 Å². The molecule has 2 rings (SSSR count). The van der Waals surface area contributed by atoms with E-state index in [0.29, 0.717) is 0 Å². The Balaban J connectivity index is 2.31. The number of nitrogens with two attached hydrogens (primary N) is 1. The average molecular weight is 177 g/mol. The number of hydroxylamine groups is 1. The molecule has 0 amide bonds. The maximum atomic E-state index is 5.76. The van der Waals surface area contributed by atoms with E-state index in [0.717, 1.165) is 24.2 Å². The molecule has 0 saturated heterocycles. The molecule has 3 nitrogen and oxygen atoms in total. The first-order valence-electron chi connectivity index (χ1n) is 4.41. The molecule has 69 valence electrons. The number of aryl methyl sites for hydroxylation is 1. The molecule has 0 saturated carbocycles. The summed E-state index contributed by atoms with van der Waals surface area (Å²) < 4.78 is 0. The lowest BCUT2D eigenvalue weighted by atomic mass is 10.1. The second-order valence-corrected chi connectivity index (χ2v) is 3.17. The fourth-order valence-electron chi connectivity index (χ4n) is 1.48. The van der Waals surface area contributed by atoms with Gasteiger partial charge in [0, 0.05) is 5.56 Å². The van der Waals surface area contributed by atoms with Gasteiger partial charge >= 0.3 is 0 Å². The molecule has 1 aliphatic rings. The fraction of sp³-hybridized carbons (Fsp3) is 0.300. The van der Waals surface area contributed by atoms with Crippen LogP contribution in [0.15, 0.2) is 18.2 Å². The van der Waals surface area contributed by atoms with Crippen LogP contribution in [0.5, 0.6) is 5.75 Å². The molecule has 13 heavy (non-hydrogen) atoms. The zero-order valence-electron chi connectivity index (χ0n) is 7.42. The lowest BCUT2D eigenvalue weighted by Crippen LogP contribution is -2.24. The van der Waals surface area contributed by atoms with Crippen LogP contribution in [-0.2, 0) is 6.42 Å². The molecule has 0 fully saturated rings. The lowest BCUT2D eigenvalue weighted by Gasteiger charge is -2.02. The van der Waals surface area contributed by atoms with E-state index in [4.69, 9.17) is 10.6 Å². The number of fused-ring (bicyclic) bond motifs is 1. The topological polar surface area (TPSA) is 47.3 Å². The third kappa shape index (κ3) is 1.53. The van der Waals surface area contributed by atoms with Crippen molar-refractivity contribution >= 4 is 0 Å². The summed E-state index contributed by atoms with van der Waals surface area (Å²) in [6.45, 7) is 3.82. The highest BCUT2D eigenvalue weighted by atomic mass is 16.7. The van der Waals surface area contributed by atoms with Crippen molar-refractivity contribution in [3.05, 3.63) is 36.2 Å². The lowest BCUT2D eigenvalue weighted by molar-refractivity contribution is 0.196. The summed E-state index contributed by atoms with van der Waals surface area (Å²) in [5.74, 6) is 0.834. The van der Waals surface area contributed by atoms with E-state index in [1.54, 1.807) is 0 Å². The van der Waals surface area contributed by atoms with Crippen LogP contribution in [0.1, 0.15) is 23.7 Å². The number of rotatable bonds is 2. The summed E-state index contributed by atoms with van der Waals surface area (Å²) in [6.07, 6.45) is 1.70. The second-order valence-electron chi connectivity index (χ2n) is 3.17. The first-order chi connectivity index (χ1) is 6.31. The van der Waals surface area contributed by atoms with Gasteiger partial charge in [-0.25, -0.2) is 0 Å². The van der Waals surface area contributed by atoms with E-state index in [1.807, 2.05) is 12.1 Å². The third-order valence-corrected chi connectivity index (χ3v) is 2.17. The summed E-state index contributed by atoms with van der Waals surface area (Å²) in [6, 6.07) is 6.06. The molecular formula is C10H13N2O.